The first-order valence-corrected chi connectivity index (χ1v) is 14.8. The smallest absolute Gasteiger partial charge is 0.120 e. The molecule has 1 heterocycles. The SMILES string of the molecule is CCCCc1ccc(-c2nnn(Cc3ccccc3)c2C(=C=C(C)C)[Si](C)(C)C)cc1. The summed E-state index contributed by atoms with van der Waals surface area (Å²) in [5.74, 6) is 0. The van der Waals surface area contributed by atoms with Crippen molar-refractivity contribution in [3.05, 3.63) is 82.7 Å². The molecule has 162 valence electrons. The molecule has 31 heavy (non-hydrogen) atoms. The quantitative estimate of drug-likeness (QED) is 0.281. The normalized spacial score (nSPS) is 11.3. The van der Waals surface area contributed by atoms with Gasteiger partial charge in [0.2, 0.25) is 0 Å². The molecule has 0 spiro atoms. The minimum atomic E-state index is -1.71. The Hall–Kier alpha value is -2.68. The summed E-state index contributed by atoms with van der Waals surface area (Å²) in [6, 6.07) is 19.4. The lowest BCUT2D eigenvalue weighted by Gasteiger charge is -2.21. The molecule has 0 N–H and O–H groups in total. The van der Waals surface area contributed by atoms with Crippen LogP contribution in [0, 0.1) is 0 Å². The number of hydrogen-bond donors (Lipinski definition) is 0. The number of hydrogen-bond acceptors (Lipinski definition) is 2. The molecule has 2 aromatic carbocycles. The average molecular weight is 430 g/mol. The molecular formula is C27H35N3Si. The van der Waals surface area contributed by atoms with Gasteiger partial charge in [-0.25, -0.2) is 4.68 Å². The molecule has 0 fully saturated rings. The first-order chi connectivity index (χ1) is 14.8. The fourth-order valence-corrected chi connectivity index (χ4v) is 5.27. The lowest BCUT2D eigenvalue weighted by atomic mass is 10.0. The molecular weight excluding hydrogens is 394 g/mol. The van der Waals surface area contributed by atoms with E-state index in [2.05, 4.69) is 110 Å². The maximum Gasteiger partial charge on any atom is 0.120 e. The highest BCUT2D eigenvalue weighted by Gasteiger charge is 2.28. The van der Waals surface area contributed by atoms with Crippen LogP contribution in [0.4, 0.5) is 0 Å². The van der Waals surface area contributed by atoms with E-state index in [-0.39, 0.29) is 0 Å². The van der Waals surface area contributed by atoms with Crippen LogP contribution >= 0.6 is 0 Å². The van der Waals surface area contributed by atoms with Crippen LogP contribution < -0.4 is 0 Å². The monoisotopic (exact) mass is 429 g/mol. The molecule has 0 aliphatic rings. The van der Waals surface area contributed by atoms with E-state index in [4.69, 9.17) is 0 Å². The fourth-order valence-electron chi connectivity index (χ4n) is 3.68. The van der Waals surface area contributed by atoms with Gasteiger partial charge >= 0.3 is 0 Å². The number of benzene rings is 2. The summed E-state index contributed by atoms with van der Waals surface area (Å²) in [5, 5.41) is 10.6. The summed E-state index contributed by atoms with van der Waals surface area (Å²) in [6.45, 7) is 14.3. The highest BCUT2D eigenvalue weighted by Crippen LogP contribution is 2.33. The zero-order valence-corrected chi connectivity index (χ0v) is 20.9. The molecule has 4 heteroatoms. The van der Waals surface area contributed by atoms with Gasteiger partial charge in [0.25, 0.3) is 0 Å². The molecule has 0 bridgehead atoms. The Morgan fingerprint density at radius 1 is 0.935 bits per heavy atom. The van der Waals surface area contributed by atoms with Crippen molar-refractivity contribution in [1.29, 1.82) is 0 Å². The van der Waals surface area contributed by atoms with Crippen molar-refractivity contribution in [3.8, 4) is 11.3 Å². The van der Waals surface area contributed by atoms with Crippen molar-refractivity contribution < 1.29 is 0 Å². The van der Waals surface area contributed by atoms with Crippen LogP contribution in [0.3, 0.4) is 0 Å². The molecule has 1 aromatic heterocycles. The van der Waals surface area contributed by atoms with Crippen LogP contribution in [0.1, 0.15) is 50.4 Å². The van der Waals surface area contributed by atoms with Crippen molar-refractivity contribution in [2.75, 3.05) is 0 Å². The second-order valence-electron chi connectivity index (χ2n) is 9.48. The van der Waals surface area contributed by atoms with Crippen molar-refractivity contribution in [1.82, 2.24) is 15.0 Å². The van der Waals surface area contributed by atoms with Gasteiger partial charge in [0.05, 0.1) is 20.3 Å². The summed E-state index contributed by atoms with van der Waals surface area (Å²) >= 11 is 0. The summed E-state index contributed by atoms with van der Waals surface area (Å²) in [7, 11) is -1.71. The van der Waals surface area contributed by atoms with Crippen LogP contribution in [0.25, 0.3) is 16.5 Å². The van der Waals surface area contributed by atoms with Crippen LogP contribution in [0.15, 0.2) is 65.9 Å². The van der Waals surface area contributed by atoms with Crippen LogP contribution in [0.5, 0.6) is 0 Å². The first-order valence-electron chi connectivity index (χ1n) is 11.3. The summed E-state index contributed by atoms with van der Waals surface area (Å²) < 4.78 is 2.07. The first kappa shape index (κ1) is 23.0. The number of rotatable bonds is 8. The van der Waals surface area contributed by atoms with Gasteiger partial charge in [0.15, 0.2) is 0 Å². The summed E-state index contributed by atoms with van der Waals surface area (Å²) in [5.41, 5.74) is 10.7. The Kier molecular flexibility index (Phi) is 7.48. The Morgan fingerprint density at radius 3 is 2.19 bits per heavy atom. The van der Waals surface area contributed by atoms with Crippen molar-refractivity contribution in [2.24, 2.45) is 0 Å². The topological polar surface area (TPSA) is 30.7 Å². The summed E-state index contributed by atoms with van der Waals surface area (Å²) in [4.78, 5) is 0. The predicted molar refractivity (Wildman–Crippen MR) is 135 cm³/mol. The van der Waals surface area contributed by atoms with Gasteiger partial charge < -0.3 is 0 Å². The maximum absolute atomic E-state index is 4.68. The molecule has 0 saturated carbocycles. The van der Waals surface area contributed by atoms with Crippen LogP contribution in [-0.2, 0) is 13.0 Å². The highest BCUT2D eigenvalue weighted by molar-refractivity contribution is 6.93. The van der Waals surface area contributed by atoms with Gasteiger partial charge in [0.1, 0.15) is 5.69 Å². The largest absolute Gasteiger partial charge is 0.240 e. The molecule has 3 rings (SSSR count). The van der Waals surface area contributed by atoms with Crippen LogP contribution in [-0.4, -0.2) is 23.1 Å². The van der Waals surface area contributed by atoms with Crippen molar-refractivity contribution in [3.63, 3.8) is 0 Å². The fraction of sp³-hybridized carbons (Fsp3) is 0.370. The van der Waals surface area contributed by atoms with Gasteiger partial charge in [-0.1, -0.05) is 92.8 Å². The van der Waals surface area contributed by atoms with Gasteiger partial charge in [-0.3, -0.25) is 0 Å². The number of nitrogens with zero attached hydrogens (tertiary/aromatic N) is 3. The highest BCUT2D eigenvalue weighted by atomic mass is 28.3. The van der Waals surface area contributed by atoms with Gasteiger partial charge in [-0.15, -0.1) is 10.8 Å². The van der Waals surface area contributed by atoms with E-state index in [0.717, 1.165) is 23.4 Å². The lowest BCUT2D eigenvalue weighted by molar-refractivity contribution is 0.644. The standard InChI is InChI=1S/C27H35N3Si/c1-7-8-12-22-15-17-24(18-16-22)26-27(25(19-21(2)3)31(4,5)6)30(29-28-26)20-23-13-10-9-11-14-23/h9-11,13-18H,7-8,12,20H2,1-6H3. The second-order valence-corrected chi connectivity index (χ2v) is 14.5. The number of aromatic nitrogens is 3. The molecule has 3 nitrogen and oxygen atoms in total. The van der Waals surface area contributed by atoms with E-state index in [1.165, 1.54) is 34.7 Å². The zero-order chi connectivity index (χ0) is 22.4. The Balaban J connectivity index is 2.15. The van der Waals surface area contributed by atoms with E-state index >= 15 is 0 Å². The number of unbranched alkanes of at least 4 members (excludes halogenated alkanes) is 1. The van der Waals surface area contributed by atoms with E-state index in [1.807, 2.05) is 6.07 Å². The van der Waals surface area contributed by atoms with Gasteiger partial charge in [-0.2, -0.15) is 0 Å². The van der Waals surface area contributed by atoms with Crippen LogP contribution in [0.2, 0.25) is 19.6 Å². The Labute approximate surface area is 188 Å². The molecule has 0 amide bonds. The van der Waals surface area contributed by atoms with E-state index in [9.17, 15) is 0 Å². The molecule has 0 radical (unpaired) electrons. The molecule has 0 aliphatic heterocycles. The molecule has 0 aliphatic carbocycles. The molecule has 0 unspecified atom stereocenters. The van der Waals surface area contributed by atoms with E-state index < -0.39 is 8.07 Å². The minimum absolute atomic E-state index is 0.705. The van der Waals surface area contributed by atoms with Crippen molar-refractivity contribution in [2.45, 2.75) is 66.2 Å². The number of allylic oxidation sites excluding steroid dienone is 1. The lowest BCUT2D eigenvalue weighted by Crippen LogP contribution is -2.25. The average Bonchev–Trinajstić information content (AvgIpc) is 3.13. The Bertz CT molecular complexity index is 1060. The van der Waals surface area contributed by atoms with Crippen molar-refractivity contribution >= 4 is 13.3 Å². The molecule has 0 atom stereocenters. The third-order valence-corrected chi connectivity index (χ3v) is 7.18. The molecule has 3 aromatic rings. The maximum atomic E-state index is 4.68. The van der Waals surface area contributed by atoms with Gasteiger partial charge in [0, 0.05) is 10.8 Å². The minimum Gasteiger partial charge on any atom is -0.240 e. The Morgan fingerprint density at radius 2 is 1.61 bits per heavy atom. The predicted octanol–water partition coefficient (Wildman–Crippen LogP) is 7.16. The van der Waals surface area contributed by atoms with Gasteiger partial charge in [-0.05, 0) is 43.4 Å². The zero-order valence-electron chi connectivity index (χ0n) is 19.9. The third-order valence-electron chi connectivity index (χ3n) is 5.32. The van der Waals surface area contributed by atoms with E-state index in [1.54, 1.807) is 0 Å². The second kappa shape index (κ2) is 10.1. The third kappa shape index (κ3) is 5.93. The van der Waals surface area contributed by atoms with E-state index in [0.29, 0.717) is 6.54 Å². The number of aryl methyl sites for hydroxylation is 1. The molecule has 0 saturated heterocycles. The summed E-state index contributed by atoms with van der Waals surface area (Å²) in [6.07, 6.45) is 3.57.